The maximum absolute atomic E-state index is 12.5. The first-order valence-corrected chi connectivity index (χ1v) is 8.32. The number of hydrogen-bond donors (Lipinski definition) is 1. The Morgan fingerprint density at radius 2 is 1.93 bits per heavy atom. The number of thioether (sulfide) groups is 1. The van der Waals surface area contributed by atoms with Gasteiger partial charge >= 0.3 is 5.97 Å². The summed E-state index contributed by atoms with van der Waals surface area (Å²) in [7, 11) is 0. The van der Waals surface area contributed by atoms with Gasteiger partial charge in [0.1, 0.15) is 5.03 Å². The molecule has 0 radical (unpaired) electrons. The predicted molar refractivity (Wildman–Crippen MR) is 92.7 cm³/mol. The van der Waals surface area contributed by atoms with E-state index in [-0.39, 0.29) is 33.7 Å². The van der Waals surface area contributed by atoms with Crippen LogP contribution in [0, 0.1) is 10.1 Å². The summed E-state index contributed by atoms with van der Waals surface area (Å²) >= 11 is 0.0943. The first-order chi connectivity index (χ1) is 12.8. The van der Waals surface area contributed by atoms with Crippen LogP contribution in [-0.4, -0.2) is 33.6 Å². The molecule has 8 nitrogen and oxygen atoms in total. The van der Waals surface area contributed by atoms with Crippen molar-refractivity contribution in [1.82, 2.24) is 4.98 Å². The quantitative estimate of drug-likeness (QED) is 0.329. The number of benzene rings is 1. The van der Waals surface area contributed by atoms with Gasteiger partial charge in [-0.05, 0) is 43.0 Å². The number of ether oxygens (including phenoxy) is 1. The number of rotatable bonds is 7. The van der Waals surface area contributed by atoms with E-state index in [0.717, 1.165) is 0 Å². The fourth-order valence-electron chi connectivity index (χ4n) is 1.91. The van der Waals surface area contributed by atoms with Crippen molar-refractivity contribution < 1.29 is 28.0 Å². The lowest BCUT2D eigenvalue weighted by molar-refractivity contribution is -0.384. The minimum absolute atomic E-state index is 0.0943. The molecular formula is C16H13F2N3O5S. The molecule has 1 atom stereocenters. The van der Waals surface area contributed by atoms with Crippen LogP contribution in [0.1, 0.15) is 17.3 Å². The Hall–Kier alpha value is -3.08. The first kappa shape index (κ1) is 20.2. The van der Waals surface area contributed by atoms with Gasteiger partial charge in [-0.2, -0.15) is 8.78 Å². The van der Waals surface area contributed by atoms with Crippen LogP contribution in [0.5, 0.6) is 0 Å². The summed E-state index contributed by atoms with van der Waals surface area (Å²) in [5.74, 6) is -4.43. The molecule has 0 aliphatic rings. The highest BCUT2D eigenvalue weighted by Gasteiger charge is 2.23. The zero-order chi connectivity index (χ0) is 20.0. The standard InChI is InChI=1S/C16H13F2N3O5S/c1-9(13(22)20-10-4-6-11(7-5-10)21(24)25)26-15(23)12-3-2-8-19-14(12)27-16(17)18/h2-9,16H,1H3,(H,20,22). The lowest BCUT2D eigenvalue weighted by Gasteiger charge is -2.14. The number of amides is 1. The van der Waals surface area contributed by atoms with E-state index >= 15 is 0 Å². The number of pyridine rings is 1. The Morgan fingerprint density at radius 1 is 1.26 bits per heavy atom. The third-order valence-electron chi connectivity index (χ3n) is 3.19. The van der Waals surface area contributed by atoms with E-state index < -0.39 is 28.7 Å². The SMILES string of the molecule is CC(OC(=O)c1cccnc1SC(F)F)C(=O)Nc1ccc([N+](=O)[O-])cc1. The number of esters is 1. The van der Waals surface area contributed by atoms with Gasteiger partial charge in [0.25, 0.3) is 17.4 Å². The Morgan fingerprint density at radius 3 is 2.52 bits per heavy atom. The lowest BCUT2D eigenvalue weighted by Crippen LogP contribution is -2.30. The maximum atomic E-state index is 12.5. The summed E-state index contributed by atoms with van der Waals surface area (Å²) in [5.41, 5.74) is -0.0604. The molecule has 1 aromatic heterocycles. The number of aromatic nitrogens is 1. The number of non-ortho nitro benzene ring substituents is 1. The molecule has 142 valence electrons. The number of nitro benzene ring substituents is 1. The molecule has 2 aromatic rings. The molecule has 1 aromatic carbocycles. The molecule has 0 aliphatic heterocycles. The van der Waals surface area contributed by atoms with Gasteiger partial charge in [-0.15, -0.1) is 0 Å². The second-order valence-electron chi connectivity index (χ2n) is 5.08. The average molecular weight is 397 g/mol. The Kier molecular flexibility index (Phi) is 6.77. The summed E-state index contributed by atoms with van der Waals surface area (Å²) in [6.07, 6.45) is 0.0176. The van der Waals surface area contributed by atoms with Crippen molar-refractivity contribution in [3.8, 4) is 0 Å². The Balaban J connectivity index is 2.01. The van der Waals surface area contributed by atoms with Gasteiger partial charge in [0.15, 0.2) is 6.10 Å². The summed E-state index contributed by atoms with van der Waals surface area (Å²) in [4.78, 5) is 38.0. The molecule has 1 N–H and O–H groups in total. The zero-order valence-corrected chi connectivity index (χ0v) is 14.6. The third kappa shape index (κ3) is 5.71. The summed E-state index contributed by atoms with van der Waals surface area (Å²) in [6, 6.07) is 7.70. The maximum Gasteiger partial charge on any atom is 0.341 e. The summed E-state index contributed by atoms with van der Waals surface area (Å²) in [5, 5.41) is 12.8. The minimum Gasteiger partial charge on any atom is -0.449 e. The van der Waals surface area contributed by atoms with Crippen LogP contribution in [0.25, 0.3) is 0 Å². The Labute approximate surface area is 156 Å². The zero-order valence-electron chi connectivity index (χ0n) is 13.8. The molecule has 11 heteroatoms. The highest BCUT2D eigenvalue weighted by atomic mass is 32.2. The first-order valence-electron chi connectivity index (χ1n) is 7.44. The third-order valence-corrected chi connectivity index (χ3v) is 3.92. The summed E-state index contributed by atoms with van der Waals surface area (Å²) < 4.78 is 30.1. The molecule has 0 saturated carbocycles. The highest BCUT2D eigenvalue weighted by molar-refractivity contribution is 7.99. The van der Waals surface area contributed by atoms with Crippen molar-refractivity contribution in [1.29, 1.82) is 0 Å². The smallest absolute Gasteiger partial charge is 0.341 e. The molecule has 0 fully saturated rings. The van der Waals surface area contributed by atoms with Crippen molar-refractivity contribution in [3.63, 3.8) is 0 Å². The van der Waals surface area contributed by atoms with E-state index in [1.54, 1.807) is 0 Å². The lowest BCUT2D eigenvalue weighted by atomic mass is 10.2. The molecule has 0 saturated heterocycles. The minimum atomic E-state index is -2.77. The van der Waals surface area contributed by atoms with Gasteiger partial charge in [0, 0.05) is 24.0 Å². The number of nitrogens with zero attached hydrogens (tertiary/aromatic N) is 2. The van der Waals surface area contributed by atoms with E-state index in [9.17, 15) is 28.5 Å². The molecule has 0 bridgehead atoms. The second kappa shape index (κ2) is 9.03. The molecule has 1 amide bonds. The van der Waals surface area contributed by atoms with Crippen LogP contribution in [0.2, 0.25) is 0 Å². The summed E-state index contributed by atoms with van der Waals surface area (Å²) in [6.45, 7) is 1.30. The van der Waals surface area contributed by atoms with Crippen molar-refractivity contribution in [3.05, 3.63) is 58.3 Å². The normalized spacial score (nSPS) is 11.7. The molecule has 1 heterocycles. The van der Waals surface area contributed by atoms with Gasteiger partial charge < -0.3 is 10.1 Å². The van der Waals surface area contributed by atoms with Gasteiger partial charge in [0.05, 0.1) is 10.5 Å². The van der Waals surface area contributed by atoms with Crippen LogP contribution in [0.3, 0.4) is 0 Å². The molecule has 1 unspecified atom stereocenters. The Bertz CT molecular complexity index is 848. The molecule has 2 rings (SSSR count). The van der Waals surface area contributed by atoms with Crippen LogP contribution in [0.4, 0.5) is 20.2 Å². The van der Waals surface area contributed by atoms with E-state index in [0.29, 0.717) is 0 Å². The number of anilines is 1. The molecule has 27 heavy (non-hydrogen) atoms. The van der Waals surface area contributed by atoms with Crippen LogP contribution in [-0.2, 0) is 9.53 Å². The van der Waals surface area contributed by atoms with Gasteiger partial charge in [-0.25, -0.2) is 9.78 Å². The van der Waals surface area contributed by atoms with Crippen molar-refractivity contribution in [2.75, 3.05) is 5.32 Å². The van der Waals surface area contributed by atoms with E-state index in [2.05, 4.69) is 10.3 Å². The van der Waals surface area contributed by atoms with Crippen LogP contribution < -0.4 is 5.32 Å². The van der Waals surface area contributed by atoms with Crippen LogP contribution in [0.15, 0.2) is 47.6 Å². The molecule has 0 spiro atoms. The van der Waals surface area contributed by atoms with E-state index in [1.807, 2.05) is 0 Å². The van der Waals surface area contributed by atoms with Gasteiger partial charge in [-0.3, -0.25) is 14.9 Å². The van der Waals surface area contributed by atoms with Gasteiger partial charge in [-0.1, -0.05) is 0 Å². The number of nitrogens with one attached hydrogen (secondary N) is 1. The number of alkyl halides is 2. The topological polar surface area (TPSA) is 111 Å². The van der Waals surface area contributed by atoms with E-state index in [4.69, 9.17) is 4.74 Å². The molecular weight excluding hydrogens is 384 g/mol. The number of hydrogen-bond acceptors (Lipinski definition) is 7. The number of carbonyl (C=O) groups is 2. The fourth-order valence-corrected chi connectivity index (χ4v) is 2.48. The fraction of sp³-hybridized carbons (Fsp3) is 0.188. The second-order valence-corrected chi connectivity index (χ2v) is 6.05. The van der Waals surface area contributed by atoms with Crippen molar-refractivity contribution >= 4 is 35.0 Å². The average Bonchev–Trinajstić information content (AvgIpc) is 2.61. The highest BCUT2D eigenvalue weighted by Crippen LogP contribution is 2.27. The van der Waals surface area contributed by atoms with Crippen molar-refractivity contribution in [2.45, 2.75) is 23.8 Å². The monoisotopic (exact) mass is 397 g/mol. The number of carbonyl (C=O) groups excluding carboxylic acids is 2. The number of halogens is 2. The largest absolute Gasteiger partial charge is 0.449 e. The number of nitro groups is 1. The predicted octanol–water partition coefficient (Wildman–Crippen LogP) is 3.49. The van der Waals surface area contributed by atoms with E-state index in [1.165, 1.54) is 49.5 Å². The molecule has 0 aliphatic carbocycles. The van der Waals surface area contributed by atoms with Crippen molar-refractivity contribution in [2.24, 2.45) is 0 Å². The van der Waals surface area contributed by atoms with Gasteiger partial charge in [0.2, 0.25) is 0 Å². The van der Waals surface area contributed by atoms with Crippen LogP contribution >= 0.6 is 11.8 Å².